The summed E-state index contributed by atoms with van der Waals surface area (Å²) in [5, 5.41) is 0. The predicted octanol–water partition coefficient (Wildman–Crippen LogP) is 10.6. The fourth-order valence-corrected chi connectivity index (χ4v) is 20.3. The topological polar surface area (TPSA) is 0 Å². The molecule has 0 aromatic carbocycles. The third-order valence-electron chi connectivity index (χ3n) is 13.4. The Morgan fingerprint density at radius 3 is 1.62 bits per heavy atom. The summed E-state index contributed by atoms with van der Waals surface area (Å²) in [7, 11) is -2.35. The molecule has 0 nitrogen and oxygen atoms in total. The largest absolute Gasteiger partial charge is 0.0693 e. The Kier molecular flexibility index (Phi) is 8.04. The molecule has 0 aliphatic heterocycles. The maximum absolute atomic E-state index is 2.89. The first-order valence-corrected chi connectivity index (χ1v) is 22.5. The van der Waals surface area contributed by atoms with Gasteiger partial charge >= 0.3 is 0 Å². The summed E-state index contributed by atoms with van der Waals surface area (Å²) in [6.07, 6.45) is 12.6. The summed E-state index contributed by atoms with van der Waals surface area (Å²) < 4.78 is 0. The van der Waals surface area contributed by atoms with Crippen LogP contribution in [0.4, 0.5) is 0 Å². The molecule has 198 valence electrons. The van der Waals surface area contributed by atoms with Gasteiger partial charge in [0.2, 0.25) is 0 Å². The SMILES string of the molecule is CC(C)C1CC2C(C3CCC([Si](C)(C)C)CC3)CCCC2C1[Si](C)(C)C1C(C)C(C)C(C)C1C. The van der Waals surface area contributed by atoms with Crippen LogP contribution in [-0.2, 0) is 0 Å². The van der Waals surface area contributed by atoms with E-state index < -0.39 is 16.1 Å². The van der Waals surface area contributed by atoms with Crippen LogP contribution >= 0.6 is 0 Å². The standard InChI is InChI=1S/C32H62Si2/c1-20(2)29-19-30-27(25-15-17-26(18-16-25)33(7,8)9)13-12-14-28(30)32(29)34(10,11)31-23(5)21(3)22(4)24(31)6/h20-32H,12-19H2,1-11H3. The highest BCUT2D eigenvalue weighted by Crippen LogP contribution is 2.66. The molecule has 34 heavy (non-hydrogen) atoms. The van der Waals surface area contributed by atoms with E-state index in [0.717, 1.165) is 75.8 Å². The minimum Gasteiger partial charge on any atom is -0.0693 e. The van der Waals surface area contributed by atoms with Crippen LogP contribution in [-0.4, -0.2) is 16.1 Å². The molecule has 2 heteroatoms. The highest BCUT2D eigenvalue weighted by atomic mass is 28.3. The Bertz CT molecular complexity index is 668. The van der Waals surface area contributed by atoms with Gasteiger partial charge in [-0.15, -0.1) is 0 Å². The number of hydrogen-bond acceptors (Lipinski definition) is 0. The smallest absolute Gasteiger partial charge is 0.0547 e. The van der Waals surface area contributed by atoms with Crippen molar-refractivity contribution in [3.8, 4) is 0 Å². The van der Waals surface area contributed by atoms with Crippen LogP contribution in [0, 0.1) is 59.2 Å². The van der Waals surface area contributed by atoms with Gasteiger partial charge in [0.25, 0.3) is 0 Å². The van der Waals surface area contributed by atoms with E-state index in [1.807, 2.05) is 0 Å². The normalized spacial score (nSPS) is 48.4. The van der Waals surface area contributed by atoms with E-state index in [0.29, 0.717) is 0 Å². The number of fused-ring (bicyclic) bond motifs is 1. The van der Waals surface area contributed by atoms with E-state index in [4.69, 9.17) is 0 Å². The van der Waals surface area contributed by atoms with Crippen molar-refractivity contribution in [2.75, 3.05) is 0 Å². The second kappa shape index (κ2) is 9.96. The maximum Gasteiger partial charge on any atom is 0.0547 e. The zero-order chi connectivity index (χ0) is 25.2. The van der Waals surface area contributed by atoms with Crippen molar-refractivity contribution in [3.63, 3.8) is 0 Å². The minimum atomic E-state index is -1.39. The summed E-state index contributed by atoms with van der Waals surface area (Å²) in [4.78, 5) is 0. The summed E-state index contributed by atoms with van der Waals surface area (Å²) in [5.74, 6) is 9.92. The van der Waals surface area contributed by atoms with Gasteiger partial charge < -0.3 is 0 Å². The summed E-state index contributed by atoms with van der Waals surface area (Å²) in [5.41, 5.74) is 3.23. The predicted molar refractivity (Wildman–Crippen MR) is 158 cm³/mol. The van der Waals surface area contributed by atoms with E-state index >= 15 is 0 Å². The lowest BCUT2D eigenvalue weighted by Crippen LogP contribution is -2.47. The van der Waals surface area contributed by atoms with Crippen molar-refractivity contribution in [3.05, 3.63) is 0 Å². The molecule has 0 amide bonds. The zero-order valence-electron chi connectivity index (χ0n) is 25.2. The molecular weight excluding hydrogens is 441 g/mol. The molecule has 4 saturated carbocycles. The molecule has 0 N–H and O–H groups in total. The molecule has 4 aliphatic rings. The molecule has 9 atom stereocenters. The molecule has 0 spiro atoms. The third kappa shape index (κ3) is 4.72. The van der Waals surface area contributed by atoms with Gasteiger partial charge in [0.05, 0.1) is 8.07 Å². The second-order valence-corrected chi connectivity index (χ2v) is 26.9. The third-order valence-corrected chi connectivity index (χ3v) is 21.8. The molecule has 9 unspecified atom stereocenters. The zero-order valence-corrected chi connectivity index (χ0v) is 27.2. The first-order valence-electron chi connectivity index (χ1n) is 15.8. The molecule has 0 heterocycles. The first kappa shape index (κ1) is 27.5. The van der Waals surface area contributed by atoms with E-state index in [2.05, 4.69) is 74.3 Å². The van der Waals surface area contributed by atoms with Crippen LogP contribution in [0.2, 0.25) is 49.4 Å². The van der Waals surface area contributed by atoms with E-state index in [-0.39, 0.29) is 0 Å². The molecule has 4 fully saturated rings. The molecule has 0 aromatic heterocycles. The van der Waals surface area contributed by atoms with Crippen molar-refractivity contribution in [1.82, 2.24) is 0 Å². The van der Waals surface area contributed by atoms with Crippen LogP contribution < -0.4 is 0 Å². The maximum atomic E-state index is 2.89. The monoisotopic (exact) mass is 502 g/mol. The summed E-state index contributed by atoms with van der Waals surface area (Å²) in [6.45, 7) is 29.3. The fourth-order valence-electron chi connectivity index (χ4n) is 11.4. The van der Waals surface area contributed by atoms with Crippen molar-refractivity contribution < 1.29 is 0 Å². The van der Waals surface area contributed by atoms with Crippen LogP contribution in [0.15, 0.2) is 0 Å². The van der Waals surface area contributed by atoms with Gasteiger partial charge in [0.15, 0.2) is 0 Å². The average Bonchev–Trinajstić information content (AvgIpc) is 3.26. The van der Waals surface area contributed by atoms with Gasteiger partial charge in [-0.1, -0.05) is 113 Å². The van der Waals surface area contributed by atoms with E-state index in [1.165, 1.54) is 0 Å². The second-order valence-electron chi connectivity index (χ2n) is 16.4. The highest BCUT2D eigenvalue weighted by molar-refractivity contribution is 6.80. The Hall–Kier alpha value is 0.434. The molecule has 4 rings (SSSR count). The van der Waals surface area contributed by atoms with Gasteiger partial charge in [-0.3, -0.25) is 0 Å². The number of rotatable bonds is 5. The van der Waals surface area contributed by atoms with Gasteiger partial charge in [-0.25, -0.2) is 0 Å². The minimum absolute atomic E-state index is 0.882. The van der Waals surface area contributed by atoms with Crippen LogP contribution in [0.5, 0.6) is 0 Å². The van der Waals surface area contributed by atoms with Crippen molar-refractivity contribution in [2.45, 2.75) is 142 Å². The van der Waals surface area contributed by atoms with Gasteiger partial charge in [-0.05, 0) is 88.6 Å². The van der Waals surface area contributed by atoms with Gasteiger partial charge in [-0.2, -0.15) is 0 Å². The van der Waals surface area contributed by atoms with Crippen molar-refractivity contribution in [1.29, 1.82) is 0 Å². The van der Waals surface area contributed by atoms with Crippen LogP contribution in [0.25, 0.3) is 0 Å². The van der Waals surface area contributed by atoms with Gasteiger partial charge in [0, 0.05) is 8.07 Å². The van der Waals surface area contributed by atoms with E-state index in [9.17, 15) is 0 Å². The molecule has 0 saturated heterocycles. The Morgan fingerprint density at radius 1 is 0.588 bits per heavy atom. The summed E-state index contributed by atoms with van der Waals surface area (Å²) >= 11 is 0. The molecule has 4 aliphatic carbocycles. The van der Waals surface area contributed by atoms with Crippen molar-refractivity contribution in [2.24, 2.45) is 59.2 Å². The Balaban J connectivity index is 1.57. The lowest BCUT2D eigenvalue weighted by Gasteiger charge is -2.49. The first-order chi connectivity index (χ1) is 15.8. The van der Waals surface area contributed by atoms with Gasteiger partial charge in [0.1, 0.15) is 0 Å². The highest BCUT2D eigenvalue weighted by Gasteiger charge is 2.60. The number of hydrogen-bond donors (Lipinski definition) is 0. The van der Waals surface area contributed by atoms with Crippen molar-refractivity contribution >= 4 is 16.1 Å². The van der Waals surface area contributed by atoms with E-state index in [1.54, 1.807) is 51.4 Å². The Labute approximate surface area is 217 Å². The summed E-state index contributed by atoms with van der Waals surface area (Å²) in [6, 6.07) is 0. The Morgan fingerprint density at radius 2 is 1.12 bits per heavy atom. The van der Waals surface area contributed by atoms with Crippen LogP contribution in [0.1, 0.15) is 92.9 Å². The molecule has 0 radical (unpaired) electrons. The molecule has 0 aromatic rings. The molecule has 0 bridgehead atoms. The molecular formula is C32H62Si2. The quantitative estimate of drug-likeness (QED) is 0.328. The lowest BCUT2D eigenvalue weighted by atomic mass is 9.65. The average molecular weight is 503 g/mol. The lowest BCUT2D eigenvalue weighted by molar-refractivity contribution is 0.0971. The van der Waals surface area contributed by atoms with Crippen LogP contribution in [0.3, 0.4) is 0 Å². The fraction of sp³-hybridized carbons (Fsp3) is 1.00.